The summed E-state index contributed by atoms with van der Waals surface area (Å²) in [4.78, 5) is 11.0. The van der Waals surface area contributed by atoms with E-state index in [1.807, 2.05) is 13.0 Å². The molecule has 3 N–H and O–H groups in total. The van der Waals surface area contributed by atoms with Crippen molar-refractivity contribution in [3.05, 3.63) is 17.8 Å². The van der Waals surface area contributed by atoms with Crippen molar-refractivity contribution in [2.24, 2.45) is 11.7 Å². The number of primary amides is 1. The maximum atomic E-state index is 11.0. The predicted molar refractivity (Wildman–Crippen MR) is 65.3 cm³/mol. The summed E-state index contributed by atoms with van der Waals surface area (Å²) in [5.41, 5.74) is 6.39. The molecule has 17 heavy (non-hydrogen) atoms. The number of hydrogen-bond acceptors (Lipinski definition) is 4. The molecular weight excluding hydrogens is 216 g/mol. The zero-order valence-electron chi connectivity index (χ0n) is 10.0. The van der Waals surface area contributed by atoms with Gasteiger partial charge in [0.05, 0.1) is 6.20 Å². The van der Waals surface area contributed by atoms with Gasteiger partial charge in [0.25, 0.3) is 0 Å². The molecule has 5 heteroatoms. The lowest BCUT2D eigenvalue weighted by molar-refractivity contribution is -0.122. The van der Waals surface area contributed by atoms with Crippen molar-refractivity contribution in [2.75, 3.05) is 5.32 Å². The maximum absolute atomic E-state index is 11.0. The largest absolute Gasteiger partial charge is 0.369 e. The molecule has 0 saturated heterocycles. The van der Waals surface area contributed by atoms with Crippen LogP contribution in [0.25, 0.3) is 0 Å². The highest BCUT2D eigenvalue weighted by molar-refractivity contribution is 5.76. The van der Waals surface area contributed by atoms with E-state index in [-0.39, 0.29) is 11.8 Å². The van der Waals surface area contributed by atoms with Crippen LogP contribution in [0.2, 0.25) is 0 Å². The topological polar surface area (TPSA) is 80.9 Å². The van der Waals surface area contributed by atoms with Crippen molar-refractivity contribution < 1.29 is 4.79 Å². The molecule has 2 rings (SSSR count). The maximum Gasteiger partial charge on any atom is 0.220 e. The second-order valence-electron chi connectivity index (χ2n) is 4.71. The van der Waals surface area contributed by atoms with Crippen LogP contribution in [0, 0.1) is 12.8 Å². The number of aromatic nitrogens is 2. The lowest BCUT2D eigenvalue weighted by Gasteiger charge is -2.27. The lowest BCUT2D eigenvalue weighted by atomic mass is 9.85. The number of nitrogens with zero attached hydrogens (tertiary/aromatic N) is 2. The van der Waals surface area contributed by atoms with Crippen LogP contribution in [0.4, 0.5) is 5.82 Å². The van der Waals surface area contributed by atoms with Crippen LogP contribution in [-0.2, 0) is 4.79 Å². The van der Waals surface area contributed by atoms with E-state index in [2.05, 4.69) is 15.5 Å². The monoisotopic (exact) mass is 234 g/mol. The van der Waals surface area contributed by atoms with E-state index in [1.165, 1.54) is 0 Å². The first-order chi connectivity index (χ1) is 8.15. The molecule has 5 nitrogen and oxygen atoms in total. The molecule has 1 saturated carbocycles. The fourth-order valence-electron chi connectivity index (χ4n) is 2.27. The van der Waals surface area contributed by atoms with Gasteiger partial charge in [-0.15, -0.1) is 5.10 Å². The molecule has 1 heterocycles. The summed E-state index contributed by atoms with van der Waals surface area (Å²) in [5.74, 6) is 0.697. The fraction of sp³-hybridized carbons (Fsp3) is 0.583. The van der Waals surface area contributed by atoms with Gasteiger partial charge in [0.15, 0.2) is 0 Å². The molecule has 0 spiro atoms. The molecule has 1 aliphatic rings. The zero-order chi connectivity index (χ0) is 12.3. The summed E-state index contributed by atoms with van der Waals surface area (Å²) in [7, 11) is 0. The summed E-state index contributed by atoms with van der Waals surface area (Å²) >= 11 is 0. The van der Waals surface area contributed by atoms with E-state index < -0.39 is 0 Å². The Hall–Kier alpha value is -1.65. The SMILES string of the molecule is Cc1cnnc(NC2CCC(C(N)=O)CC2)c1. The zero-order valence-corrected chi connectivity index (χ0v) is 10.0. The van der Waals surface area contributed by atoms with Gasteiger partial charge in [-0.25, -0.2) is 0 Å². The molecule has 1 aromatic rings. The molecule has 0 atom stereocenters. The second-order valence-corrected chi connectivity index (χ2v) is 4.71. The molecule has 1 aromatic heterocycles. The highest BCUT2D eigenvalue weighted by Crippen LogP contribution is 2.25. The first-order valence-electron chi connectivity index (χ1n) is 6.00. The minimum absolute atomic E-state index is 0.0524. The lowest BCUT2D eigenvalue weighted by Crippen LogP contribution is -2.32. The normalized spacial score (nSPS) is 24.3. The van der Waals surface area contributed by atoms with Crippen LogP contribution in [0.5, 0.6) is 0 Å². The third-order valence-electron chi connectivity index (χ3n) is 3.27. The Morgan fingerprint density at radius 1 is 1.41 bits per heavy atom. The number of aryl methyl sites for hydroxylation is 1. The van der Waals surface area contributed by atoms with Gasteiger partial charge in [0, 0.05) is 12.0 Å². The third kappa shape index (κ3) is 3.15. The molecule has 0 unspecified atom stereocenters. The van der Waals surface area contributed by atoms with E-state index in [9.17, 15) is 4.79 Å². The average Bonchev–Trinajstić information content (AvgIpc) is 2.29. The molecule has 1 fully saturated rings. The van der Waals surface area contributed by atoms with Crippen molar-refractivity contribution >= 4 is 11.7 Å². The van der Waals surface area contributed by atoms with E-state index in [4.69, 9.17) is 5.73 Å². The highest BCUT2D eigenvalue weighted by atomic mass is 16.1. The number of hydrogen-bond donors (Lipinski definition) is 2. The molecule has 92 valence electrons. The molecule has 1 aliphatic carbocycles. The first-order valence-corrected chi connectivity index (χ1v) is 6.00. The number of nitrogens with two attached hydrogens (primary N) is 1. The van der Waals surface area contributed by atoms with E-state index in [0.717, 1.165) is 37.1 Å². The van der Waals surface area contributed by atoms with Crippen molar-refractivity contribution in [1.29, 1.82) is 0 Å². The molecule has 1 amide bonds. The van der Waals surface area contributed by atoms with Gasteiger partial charge in [-0.05, 0) is 44.2 Å². The summed E-state index contributed by atoms with van der Waals surface area (Å²) in [5, 5.41) is 11.3. The predicted octanol–water partition coefficient (Wildman–Crippen LogP) is 1.24. The Morgan fingerprint density at radius 2 is 2.12 bits per heavy atom. The van der Waals surface area contributed by atoms with E-state index in [1.54, 1.807) is 6.20 Å². The van der Waals surface area contributed by atoms with Crippen molar-refractivity contribution in [3.8, 4) is 0 Å². The summed E-state index contributed by atoms with van der Waals surface area (Å²) in [6.45, 7) is 1.99. The fourth-order valence-corrected chi connectivity index (χ4v) is 2.27. The number of carbonyl (C=O) groups excluding carboxylic acids is 1. The van der Waals surface area contributed by atoms with Crippen LogP contribution < -0.4 is 11.1 Å². The number of carbonyl (C=O) groups is 1. The molecular formula is C12H18N4O. The molecule has 0 aliphatic heterocycles. The third-order valence-corrected chi connectivity index (χ3v) is 3.27. The van der Waals surface area contributed by atoms with Gasteiger partial charge in [0.1, 0.15) is 5.82 Å². The van der Waals surface area contributed by atoms with Crippen molar-refractivity contribution in [3.63, 3.8) is 0 Å². The summed E-state index contributed by atoms with van der Waals surface area (Å²) in [6.07, 6.45) is 5.39. The van der Waals surface area contributed by atoms with Gasteiger partial charge >= 0.3 is 0 Å². The van der Waals surface area contributed by atoms with Gasteiger partial charge in [-0.3, -0.25) is 4.79 Å². The van der Waals surface area contributed by atoms with Gasteiger partial charge in [0.2, 0.25) is 5.91 Å². The van der Waals surface area contributed by atoms with Crippen molar-refractivity contribution in [2.45, 2.75) is 38.6 Å². The number of nitrogens with one attached hydrogen (secondary N) is 1. The van der Waals surface area contributed by atoms with Crippen molar-refractivity contribution in [1.82, 2.24) is 10.2 Å². The van der Waals surface area contributed by atoms with Crippen LogP contribution >= 0.6 is 0 Å². The van der Waals surface area contributed by atoms with Crippen LogP contribution in [-0.4, -0.2) is 22.1 Å². The van der Waals surface area contributed by atoms with Crippen LogP contribution in [0.15, 0.2) is 12.3 Å². The Kier molecular flexibility index (Phi) is 3.56. The van der Waals surface area contributed by atoms with E-state index >= 15 is 0 Å². The number of rotatable bonds is 3. The molecule has 0 aromatic carbocycles. The first kappa shape index (κ1) is 11.8. The van der Waals surface area contributed by atoms with Crippen LogP contribution in [0.1, 0.15) is 31.2 Å². The quantitative estimate of drug-likeness (QED) is 0.824. The average molecular weight is 234 g/mol. The Morgan fingerprint density at radius 3 is 2.71 bits per heavy atom. The minimum atomic E-state index is -0.168. The molecule has 0 bridgehead atoms. The number of anilines is 1. The smallest absolute Gasteiger partial charge is 0.220 e. The van der Waals surface area contributed by atoms with Gasteiger partial charge < -0.3 is 11.1 Å². The van der Waals surface area contributed by atoms with Gasteiger partial charge in [-0.2, -0.15) is 5.10 Å². The Balaban J connectivity index is 1.88. The highest BCUT2D eigenvalue weighted by Gasteiger charge is 2.24. The van der Waals surface area contributed by atoms with Crippen LogP contribution in [0.3, 0.4) is 0 Å². The second kappa shape index (κ2) is 5.12. The van der Waals surface area contributed by atoms with Gasteiger partial charge in [-0.1, -0.05) is 0 Å². The Labute approximate surface area is 101 Å². The standard InChI is InChI=1S/C12H18N4O/c1-8-6-11(16-14-7-8)15-10-4-2-9(3-5-10)12(13)17/h6-7,9-10H,2-5H2,1H3,(H2,13,17)(H,15,16). The summed E-state index contributed by atoms with van der Waals surface area (Å²) < 4.78 is 0. The summed E-state index contributed by atoms with van der Waals surface area (Å²) in [6, 6.07) is 2.36. The molecule has 0 radical (unpaired) electrons. The van der Waals surface area contributed by atoms with E-state index in [0.29, 0.717) is 6.04 Å². The number of amides is 1. The Bertz CT molecular complexity index is 399. The minimum Gasteiger partial charge on any atom is -0.369 e.